The fraction of sp³-hybridized carbons (Fsp3) is 0.300. The van der Waals surface area contributed by atoms with Gasteiger partial charge in [-0.2, -0.15) is 5.10 Å². The summed E-state index contributed by atoms with van der Waals surface area (Å²) < 4.78 is 26.6. The lowest BCUT2D eigenvalue weighted by Crippen LogP contribution is -2.12. The van der Waals surface area contributed by atoms with Gasteiger partial charge in [0.05, 0.1) is 6.04 Å². The van der Waals surface area contributed by atoms with Gasteiger partial charge in [-0.15, -0.1) is 0 Å². The molecular weight excluding hydrogens is 186 g/mol. The highest BCUT2D eigenvalue weighted by Crippen LogP contribution is 2.24. The van der Waals surface area contributed by atoms with E-state index in [2.05, 4.69) is 10.5 Å². The number of nitrogens with one attached hydrogen (secondary N) is 1. The van der Waals surface area contributed by atoms with E-state index in [1.165, 1.54) is 12.1 Å². The van der Waals surface area contributed by atoms with E-state index in [4.69, 9.17) is 0 Å². The maximum Gasteiger partial charge on any atom is 0.131 e. The van der Waals surface area contributed by atoms with Crippen LogP contribution >= 0.6 is 0 Å². The van der Waals surface area contributed by atoms with Gasteiger partial charge in [-0.05, 0) is 24.6 Å². The molecule has 0 bridgehead atoms. The van der Waals surface area contributed by atoms with E-state index in [9.17, 15) is 8.78 Å². The lowest BCUT2D eigenvalue weighted by molar-refractivity contribution is 0.530. The summed E-state index contributed by atoms with van der Waals surface area (Å²) in [7, 11) is 0. The number of benzene rings is 1. The van der Waals surface area contributed by atoms with Gasteiger partial charge in [0.25, 0.3) is 0 Å². The highest BCUT2D eigenvalue weighted by Gasteiger charge is 2.19. The largest absolute Gasteiger partial charge is 0.302 e. The molecule has 0 amide bonds. The smallest absolute Gasteiger partial charge is 0.131 e. The van der Waals surface area contributed by atoms with Crippen LogP contribution in [0.2, 0.25) is 0 Å². The summed E-state index contributed by atoms with van der Waals surface area (Å²) in [6, 6.07) is 2.17. The number of aryl methyl sites for hydroxylation is 1. The van der Waals surface area contributed by atoms with Crippen molar-refractivity contribution >= 4 is 6.21 Å². The van der Waals surface area contributed by atoms with Gasteiger partial charge >= 0.3 is 0 Å². The second-order valence-corrected chi connectivity index (χ2v) is 3.35. The van der Waals surface area contributed by atoms with E-state index in [-0.39, 0.29) is 11.9 Å². The minimum absolute atomic E-state index is 0.232. The quantitative estimate of drug-likeness (QED) is 0.732. The first-order valence-corrected chi connectivity index (χ1v) is 4.41. The van der Waals surface area contributed by atoms with Crippen LogP contribution in [0.15, 0.2) is 17.2 Å². The third-order valence-electron chi connectivity index (χ3n) is 2.29. The van der Waals surface area contributed by atoms with Crippen molar-refractivity contribution in [2.75, 3.05) is 0 Å². The van der Waals surface area contributed by atoms with Crippen LogP contribution in [-0.4, -0.2) is 6.21 Å². The molecule has 0 aliphatic carbocycles. The van der Waals surface area contributed by atoms with Crippen LogP contribution in [0.5, 0.6) is 0 Å². The topological polar surface area (TPSA) is 24.4 Å². The molecule has 1 heterocycles. The molecule has 74 valence electrons. The van der Waals surface area contributed by atoms with Crippen molar-refractivity contribution in [3.63, 3.8) is 0 Å². The normalized spacial score (nSPS) is 19.8. The average molecular weight is 196 g/mol. The predicted molar refractivity (Wildman–Crippen MR) is 50.1 cm³/mol. The second kappa shape index (κ2) is 3.36. The third-order valence-corrected chi connectivity index (χ3v) is 2.29. The van der Waals surface area contributed by atoms with Gasteiger partial charge in [0.2, 0.25) is 0 Å². The van der Waals surface area contributed by atoms with Crippen molar-refractivity contribution in [2.45, 2.75) is 19.4 Å². The van der Waals surface area contributed by atoms with Gasteiger partial charge in [-0.1, -0.05) is 0 Å². The Balaban J connectivity index is 2.41. The summed E-state index contributed by atoms with van der Waals surface area (Å²) in [5.74, 6) is -0.762. The predicted octanol–water partition coefficient (Wildman–Crippen LogP) is 2.29. The van der Waals surface area contributed by atoms with Crippen molar-refractivity contribution in [3.05, 3.63) is 34.9 Å². The first-order chi connectivity index (χ1) is 6.68. The van der Waals surface area contributed by atoms with Crippen LogP contribution in [0.4, 0.5) is 8.78 Å². The van der Waals surface area contributed by atoms with Crippen molar-refractivity contribution < 1.29 is 8.78 Å². The Labute approximate surface area is 80.6 Å². The van der Waals surface area contributed by atoms with E-state index in [0.717, 1.165) is 0 Å². The van der Waals surface area contributed by atoms with Gasteiger partial charge in [-0.25, -0.2) is 8.78 Å². The lowest BCUT2D eigenvalue weighted by Gasteiger charge is -2.12. The molecule has 0 radical (unpaired) electrons. The zero-order valence-corrected chi connectivity index (χ0v) is 7.72. The van der Waals surface area contributed by atoms with Crippen molar-refractivity contribution in [3.8, 4) is 0 Å². The van der Waals surface area contributed by atoms with Gasteiger partial charge in [0.15, 0.2) is 0 Å². The highest BCUT2D eigenvalue weighted by atomic mass is 19.1. The summed E-state index contributed by atoms with van der Waals surface area (Å²) in [4.78, 5) is 0. The Morgan fingerprint density at radius 2 is 2.21 bits per heavy atom. The highest BCUT2D eigenvalue weighted by molar-refractivity contribution is 5.60. The lowest BCUT2D eigenvalue weighted by atomic mass is 10.0. The summed E-state index contributed by atoms with van der Waals surface area (Å²) >= 11 is 0. The molecular formula is C10H10F2N2. The van der Waals surface area contributed by atoms with Crippen LogP contribution in [0.3, 0.4) is 0 Å². The molecule has 0 fully saturated rings. The molecule has 1 aromatic carbocycles. The van der Waals surface area contributed by atoms with E-state index >= 15 is 0 Å². The van der Waals surface area contributed by atoms with Gasteiger partial charge in [0, 0.05) is 18.2 Å². The first kappa shape index (κ1) is 9.12. The van der Waals surface area contributed by atoms with Crippen molar-refractivity contribution in [1.82, 2.24) is 5.43 Å². The Morgan fingerprint density at radius 3 is 2.86 bits per heavy atom. The molecule has 0 aromatic heterocycles. The van der Waals surface area contributed by atoms with E-state index < -0.39 is 5.82 Å². The minimum Gasteiger partial charge on any atom is -0.302 e. The number of hydrazone groups is 1. The van der Waals surface area contributed by atoms with Gasteiger partial charge in [0.1, 0.15) is 11.6 Å². The summed E-state index contributed by atoms with van der Waals surface area (Å²) in [6.45, 7) is 1.55. The van der Waals surface area contributed by atoms with Crippen LogP contribution in [0.25, 0.3) is 0 Å². The van der Waals surface area contributed by atoms with Crippen LogP contribution in [0.1, 0.15) is 23.6 Å². The van der Waals surface area contributed by atoms with Crippen molar-refractivity contribution in [1.29, 1.82) is 0 Å². The summed E-state index contributed by atoms with van der Waals surface area (Å²) in [5, 5.41) is 3.78. The maximum absolute atomic E-state index is 13.6. The molecule has 1 aromatic rings. The van der Waals surface area contributed by atoms with E-state index in [1.807, 2.05) is 0 Å². The molecule has 1 aliphatic heterocycles. The summed E-state index contributed by atoms with van der Waals surface area (Å²) in [5.41, 5.74) is 3.41. The molecule has 1 N–H and O–H groups in total. The molecule has 0 spiro atoms. The number of hydrogen-bond acceptors (Lipinski definition) is 2. The molecule has 2 nitrogen and oxygen atoms in total. The Morgan fingerprint density at radius 1 is 1.43 bits per heavy atom. The molecule has 0 saturated carbocycles. The van der Waals surface area contributed by atoms with E-state index in [0.29, 0.717) is 17.5 Å². The average Bonchev–Trinajstić information content (AvgIpc) is 2.63. The second-order valence-electron chi connectivity index (χ2n) is 3.35. The number of nitrogens with zero attached hydrogens (tertiary/aromatic N) is 1. The fourth-order valence-corrected chi connectivity index (χ4v) is 1.56. The standard InChI is InChI=1S/C10H10F2N2/c1-6-4-7(11)5-8(10(6)12)9-2-3-13-14-9/h3-5,9,14H,2H2,1H3. The molecule has 1 aliphatic rings. The monoisotopic (exact) mass is 196 g/mol. The number of hydrogen-bond donors (Lipinski definition) is 1. The van der Waals surface area contributed by atoms with Gasteiger partial charge < -0.3 is 5.43 Å². The first-order valence-electron chi connectivity index (χ1n) is 4.41. The number of rotatable bonds is 1. The Hall–Kier alpha value is -1.45. The van der Waals surface area contributed by atoms with Crippen LogP contribution in [0, 0.1) is 18.6 Å². The zero-order chi connectivity index (χ0) is 10.1. The van der Waals surface area contributed by atoms with Gasteiger partial charge in [-0.3, -0.25) is 0 Å². The molecule has 4 heteroatoms. The SMILES string of the molecule is Cc1cc(F)cc(C2CC=NN2)c1F. The Bertz CT molecular complexity index is 380. The maximum atomic E-state index is 13.6. The van der Waals surface area contributed by atoms with Crippen LogP contribution in [-0.2, 0) is 0 Å². The van der Waals surface area contributed by atoms with E-state index in [1.54, 1.807) is 13.1 Å². The Kier molecular flexibility index (Phi) is 2.19. The fourth-order valence-electron chi connectivity index (χ4n) is 1.56. The molecule has 1 unspecified atom stereocenters. The minimum atomic E-state index is -0.410. The molecule has 1 atom stereocenters. The molecule has 2 rings (SSSR count). The molecule has 0 saturated heterocycles. The summed E-state index contributed by atoms with van der Waals surface area (Å²) in [6.07, 6.45) is 2.25. The van der Waals surface area contributed by atoms with Crippen molar-refractivity contribution in [2.24, 2.45) is 5.10 Å². The zero-order valence-electron chi connectivity index (χ0n) is 7.72. The molecule has 14 heavy (non-hydrogen) atoms. The number of halogens is 2. The van der Waals surface area contributed by atoms with Crippen LogP contribution < -0.4 is 5.43 Å². The third kappa shape index (κ3) is 1.47.